The van der Waals surface area contributed by atoms with Crippen molar-refractivity contribution in [1.29, 1.82) is 0 Å². The van der Waals surface area contributed by atoms with Crippen LogP contribution in [-0.4, -0.2) is 27.5 Å². The van der Waals surface area contributed by atoms with Gasteiger partial charge in [0.25, 0.3) is 0 Å². The second-order valence-electron chi connectivity index (χ2n) is 5.83. The van der Waals surface area contributed by atoms with Crippen molar-refractivity contribution in [2.45, 2.75) is 12.2 Å². The van der Waals surface area contributed by atoms with E-state index in [2.05, 4.69) is 5.32 Å². The van der Waals surface area contributed by atoms with Crippen LogP contribution in [0.2, 0.25) is 5.32 Å². The van der Waals surface area contributed by atoms with Crippen LogP contribution in [0.3, 0.4) is 0 Å². The number of carbonyl (C=O) groups is 1. The summed E-state index contributed by atoms with van der Waals surface area (Å²) in [6.45, 7) is 2.68. The van der Waals surface area contributed by atoms with Crippen LogP contribution in [0.4, 0.5) is 5.69 Å². The van der Waals surface area contributed by atoms with E-state index in [1.807, 2.05) is 85.8 Å². The monoisotopic (exact) mass is 411 g/mol. The minimum absolute atomic E-state index is 0.0599. The van der Waals surface area contributed by atoms with Crippen molar-refractivity contribution in [3.8, 4) is 5.75 Å². The van der Waals surface area contributed by atoms with E-state index >= 15 is 0 Å². The average molecular weight is 410 g/mol. The van der Waals surface area contributed by atoms with E-state index in [-0.39, 0.29) is 20.9 Å². The van der Waals surface area contributed by atoms with Crippen molar-refractivity contribution in [2.24, 2.45) is 0 Å². The van der Waals surface area contributed by atoms with Crippen LogP contribution in [0.15, 0.2) is 78.9 Å². The molecule has 0 unspecified atom stereocenters. The van der Waals surface area contributed by atoms with Gasteiger partial charge < -0.3 is 0 Å². The van der Waals surface area contributed by atoms with E-state index in [0.29, 0.717) is 6.61 Å². The molecule has 1 N–H and O–H groups in total. The molecule has 0 aromatic heterocycles. The van der Waals surface area contributed by atoms with E-state index in [0.717, 1.165) is 26.8 Å². The number of ether oxygens (including phenoxy) is 1. The van der Waals surface area contributed by atoms with Crippen LogP contribution in [0.1, 0.15) is 15.9 Å². The summed E-state index contributed by atoms with van der Waals surface area (Å²) in [4.78, 5) is 12.6. The molecule has 132 valence electrons. The Balaban J connectivity index is 1.58. The molecule has 1 amide bonds. The molecule has 0 bridgehead atoms. The predicted molar refractivity (Wildman–Crippen MR) is 108 cm³/mol. The van der Waals surface area contributed by atoms with Crippen LogP contribution >= 0.6 is 0 Å². The van der Waals surface area contributed by atoms with Crippen molar-refractivity contribution in [3.63, 3.8) is 0 Å². The van der Waals surface area contributed by atoms with Crippen LogP contribution in [0.25, 0.3) is 0 Å². The predicted octanol–water partition coefficient (Wildman–Crippen LogP) is 4.07. The number of anilines is 1. The number of aryl methyl sites for hydroxylation is 1. The van der Waals surface area contributed by atoms with Gasteiger partial charge in [0.15, 0.2) is 0 Å². The molecule has 3 aromatic carbocycles. The molecule has 0 radical (unpaired) electrons. The van der Waals surface area contributed by atoms with Crippen LogP contribution in [0, 0.1) is 6.92 Å². The number of benzene rings is 3. The second-order valence-corrected chi connectivity index (χ2v) is 8.21. The molecule has 0 heterocycles. The zero-order valence-corrected chi connectivity index (χ0v) is 16.4. The zero-order valence-electron chi connectivity index (χ0n) is 14.6. The molecular weight excluding hydrogens is 389 g/mol. The molecule has 4 heteroatoms. The number of rotatable bonds is 7. The molecule has 0 aliphatic heterocycles. The molecule has 0 saturated heterocycles. The third kappa shape index (κ3) is 5.22. The number of nitrogens with one attached hydrogen (secondary N) is 1. The molecule has 3 aromatic rings. The van der Waals surface area contributed by atoms with Crippen molar-refractivity contribution in [3.05, 3.63) is 90.0 Å². The van der Waals surface area contributed by atoms with E-state index in [1.54, 1.807) is 0 Å². The summed E-state index contributed by atoms with van der Waals surface area (Å²) < 4.78 is 6.85. The maximum absolute atomic E-state index is 12.6. The molecule has 0 fully saturated rings. The van der Waals surface area contributed by atoms with Gasteiger partial charge in [-0.3, -0.25) is 0 Å². The van der Waals surface area contributed by atoms with Gasteiger partial charge in [0.2, 0.25) is 0 Å². The Labute approximate surface area is 160 Å². The summed E-state index contributed by atoms with van der Waals surface area (Å²) in [5.41, 5.74) is 2.73. The van der Waals surface area contributed by atoms with Crippen molar-refractivity contribution in [2.75, 3.05) is 11.9 Å². The fourth-order valence-electron chi connectivity index (χ4n) is 2.44. The third-order valence-corrected chi connectivity index (χ3v) is 5.97. The standard InChI is InChI=1S/C22H21NO2Se/c1-17-11-13-18(14-12-17)23-22(24)20-9-5-6-10-21(20)26-16-15-25-19-7-3-2-4-8-19/h2-14H,15-16H2,1H3,(H,23,24). The summed E-state index contributed by atoms with van der Waals surface area (Å²) >= 11 is 0.177. The summed E-state index contributed by atoms with van der Waals surface area (Å²) in [7, 11) is 0. The summed E-state index contributed by atoms with van der Waals surface area (Å²) in [6.07, 6.45) is 0. The molecule has 3 nitrogen and oxygen atoms in total. The van der Waals surface area contributed by atoms with Crippen molar-refractivity contribution in [1.82, 2.24) is 0 Å². The molecule has 0 aliphatic rings. The van der Waals surface area contributed by atoms with Gasteiger partial charge in [-0.1, -0.05) is 0 Å². The van der Waals surface area contributed by atoms with Gasteiger partial charge in [0.05, 0.1) is 0 Å². The van der Waals surface area contributed by atoms with Gasteiger partial charge in [0.1, 0.15) is 0 Å². The van der Waals surface area contributed by atoms with Gasteiger partial charge in [0, 0.05) is 0 Å². The fraction of sp³-hybridized carbons (Fsp3) is 0.136. The van der Waals surface area contributed by atoms with Gasteiger partial charge in [-0.25, -0.2) is 0 Å². The topological polar surface area (TPSA) is 38.3 Å². The quantitative estimate of drug-likeness (QED) is 0.471. The molecule has 0 spiro atoms. The first-order valence-electron chi connectivity index (χ1n) is 8.50. The molecule has 3 rings (SSSR count). The third-order valence-electron chi connectivity index (χ3n) is 3.79. The fourth-order valence-corrected chi connectivity index (χ4v) is 4.28. The number of hydrogen-bond acceptors (Lipinski definition) is 2. The second kappa shape index (κ2) is 9.23. The molecule has 26 heavy (non-hydrogen) atoms. The number of hydrogen-bond donors (Lipinski definition) is 1. The SMILES string of the molecule is Cc1ccc(NC(=O)c2ccccc2[Se]CCOc2ccccc2)cc1. The maximum atomic E-state index is 12.6. The van der Waals surface area contributed by atoms with Crippen LogP contribution in [-0.2, 0) is 0 Å². The van der Waals surface area contributed by atoms with Crippen LogP contribution in [0.5, 0.6) is 5.75 Å². The zero-order chi connectivity index (χ0) is 18.2. The molecule has 0 saturated carbocycles. The molecule has 0 atom stereocenters. The number of para-hydroxylation sites is 1. The first-order chi connectivity index (χ1) is 12.7. The van der Waals surface area contributed by atoms with Crippen LogP contribution < -0.4 is 14.5 Å². The normalized spacial score (nSPS) is 10.3. The summed E-state index contributed by atoms with van der Waals surface area (Å²) in [5, 5.41) is 3.90. The number of carbonyl (C=O) groups excluding carboxylic acids is 1. The summed E-state index contributed by atoms with van der Waals surface area (Å²) in [5.74, 6) is 0.823. The Bertz CT molecular complexity index is 848. The van der Waals surface area contributed by atoms with E-state index in [1.165, 1.54) is 5.56 Å². The van der Waals surface area contributed by atoms with Crippen molar-refractivity contribution >= 4 is 31.0 Å². The average Bonchev–Trinajstić information content (AvgIpc) is 2.68. The van der Waals surface area contributed by atoms with Gasteiger partial charge in [-0.15, -0.1) is 0 Å². The minimum atomic E-state index is -0.0599. The Morgan fingerprint density at radius 3 is 2.38 bits per heavy atom. The number of amides is 1. The first-order valence-corrected chi connectivity index (χ1v) is 10.6. The Hall–Kier alpha value is -2.55. The molecule has 0 aliphatic carbocycles. The first kappa shape index (κ1) is 18.2. The van der Waals surface area contributed by atoms with Gasteiger partial charge in [-0.2, -0.15) is 0 Å². The Morgan fingerprint density at radius 1 is 0.923 bits per heavy atom. The van der Waals surface area contributed by atoms with Gasteiger partial charge in [-0.05, 0) is 0 Å². The van der Waals surface area contributed by atoms with Gasteiger partial charge >= 0.3 is 160 Å². The molecular formula is C22H21NO2Se. The van der Waals surface area contributed by atoms with E-state index in [9.17, 15) is 4.79 Å². The Kier molecular flexibility index (Phi) is 6.48. The van der Waals surface area contributed by atoms with Crippen molar-refractivity contribution < 1.29 is 9.53 Å². The van der Waals surface area contributed by atoms with E-state index < -0.39 is 0 Å². The summed E-state index contributed by atoms with van der Waals surface area (Å²) in [6, 6.07) is 25.5. The Morgan fingerprint density at radius 2 is 1.62 bits per heavy atom. The van der Waals surface area contributed by atoms with E-state index in [4.69, 9.17) is 4.74 Å².